The number of alkyl halides is 1. The van der Waals surface area contributed by atoms with E-state index in [0.717, 1.165) is 23.1 Å². The summed E-state index contributed by atoms with van der Waals surface area (Å²) >= 11 is 5.97. The largest absolute Gasteiger partial charge is 0.507 e. The Labute approximate surface area is 123 Å². The van der Waals surface area contributed by atoms with Gasteiger partial charge in [-0.05, 0) is 47.8 Å². The van der Waals surface area contributed by atoms with Gasteiger partial charge in [-0.2, -0.15) is 0 Å². The van der Waals surface area contributed by atoms with E-state index in [4.69, 9.17) is 11.6 Å². The average molecular weight is 283 g/mol. The summed E-state index contributed by atoms with van der Waals surface area (Å²) in [6, 6.07) is 2.10. The molecular formula is C17H27ClO. The molecule has 0 aliphatic heterocycles. The Balaban J connectivity index is 3.36. The predicted octanol–water partition coefficient (Wildman–Crippen LogP) is 5.46. The summed E-state index contributed by atoms with van der Waals surface area (Å²) < 4.78 is 0. The molecule has 0 spiro atoms. The van der Waals surface area contributed by atoms with Gasteiger partial charge < -0.3 is 5.11 Å². The Bertz CT molecular complexity index is 467. The van der Waals surface area contributed by atoms with Gasteiger partial charge in [0.05, 0.1) is 0 Å². The topological polar surface area (TPSA) is 20.2 Å². The number of aromatic hydroxyl groups is 1. The lowest BCUT2D eigenvalue weighted by molar-refractivity contribution is 0.278. The van der Waals surface area contributed by atoms with Gasteiger partial charge in [-0.1, -0.05) is 40.7 Å². The molecular weight excluding hydrogens is 256 g/mol. The number of rotatable bonds is 3. The van der Waals surface area contributed by atoms with Crippen molar-refractivity contribution in [2.24, 2.45) is 5.41 Å². The number of hydrogen-bond acceptors (Lipinski definition) is 1. The second-order valence-electron chi connectivity index (χ2n) is 7.45. The first-order valence-corrected chi connectivity index (χ1v) is 7.41. The van der Waals surface area contributed by atoms with Gasteiger partial charge >= 0.3 is 0 Å². The minimum absolute atomic E-state index is 0.0529. The second kappa shape index (κ2) is 5.36. The molecule has 2 heteroatoms. The summed E-state index contributed by atoms with van der Waals surface area (Å²) in [5.41, 5.74) is 4.35. The normalized spacial score (nSPS) is 12.8. The molecule has 0 bridgehead atoms. The van der Waals surface area contributed by atoms with Crippen LogP contribution in [-0.4, -0.2) is 5.11 Å². The van der Waals surface area contributed by atoms with Gasteiger partial charge in [0, 0.05) is 11.4 Å². The smallest absolute Gasteiger partial charge is 0.122 e. The van der Waals surface area contributed by atoms with E-state index in [9.17, 15) is 5.11 Å². The zero-order chi connectivity index (χ0) is 15.0. The van der Waals surface area contributed by atoms with E-state index >= 15 is 0 Å². The van der Waals surface area contributed by atoms with Crippen molar-refractivity contribution in [1.29, 1.82) is 0 Å². The monoisotopic (exact) mass is 282 g/mol. The molecule has 0 unspecified atom stereocenters. The molecule has 0 fully saturated rings. The Hall–Kier alpha value is -0.690. The number of hydrogen-bond donors (Lipinski definition) is 1. The van der Waals surface area contributed by atoms with Crippen LogP contribution in [-0.2, 0) is 11.3 Å². The van der Waals surface area contributed by atoms with E-state index in [-0.39, 0.29) is 10.8 Å². The van der Waals surface area contributed by atoms with Crippen LogP contribution in [0.25, 0.3) is 0 Å². The molecule has 0 atom stereocenters. The molecule has 1 aromatic carbocycles. The molecule has 0 aliphatic rings. The highest BCUT2D eigenvalue weighted by atomic mass is 35.5. The number of phenolic OH excluding ortho intramolecular Hbond substituents is 1. The first kappa shape index (κ1) is 16.4. The third kappa shape index (κ3) is 3.66. The second-order valence-corrected chi connectivity index (χ2v) is 7.72. The molecule has 0 amide bonds. The van der Waals surface area contributed by atoms with E-state index in [0.29, 0.717) is 11.6 Å². The zero-order valence-electron chi connectivity index (χ0n) is 13.3. The number of halogens is 1. The van der Waals surface area contributed by atoms with Crippen LogP contribution in [0.5, 0.6) is 5.75 Å². The molecule has 0 radical (unpaired) electrons. The van der Waals surface area contributed by atoms with Crippen molar-refractivity contribution in [2.45, 2.75) is 66.2 Å². The molecule has 0 saturated carbocycles. The minimum atomic E-state index is -0.0529. The lowest BCUT2D eigenvalue weighted by Gasteiger charge is -2.34. The summed E-state index contributed by atoms with van der Waals surface area (Å²) in [6.07, 6.45) is 1.02. The summed E-state index contributed by atoms with van der Waals surface area (Å²) in [4.78, 5) is 0. The Kier molecular flexibility index (Phi) is 4.62. The molecule has 0 aliphatic carbocycles. The van der Waals surface area contributed by atoms with Gasteiger partial charge in [-0.3, -0.25) is 0 Å². The van der Waals surface area contributed by atoms with Crippen molar-refractivity contribution < 1.29 is 5.11 Å². The first-order chi connectivity index (χ1) is 8.49. The van der Waals surface area contributed by atoms with Crippen molar-refractivity contribution in [3.63, 3.8) is 0 Å². The van der Waals surface area contributed by atoms with Gasteiger partial charge in [0.1, 0.15) is 5.75 Å². The molecule has 1 aromatic rings. The number of benzene rings is 1. The molecule has 19 heavy (non-hydrogen) atoms. The standard InChI is InChI=1S/C17H27ClO/c1-11-8-14(15(19)12(2)13(11)9-18)17(6,7)10-16(3,4)5/h8,19H,9-10H2,1-7H3. The SMILES string of the molecule is Cc1cc(C(C)(C)CC(C)(C)C)c(O)c(C)c1CCl. The van der Waals surface area contributed by atoms with E-state index in [1.807, 2.05) is 6.92 Å². The van der Waals surface area contributed by atoms with Crippen LogP contribution in [0.4, 0.5) is 0 Å². The van der Waals surface area contributed by atoms with Crippen LogP contribution in [0.15, 0.2) is 6.07 Å². The highest BCUT2D eigenvalue weighted by molar-refractivity contribution is 6.17. The summed E-state index contributed by atoms with van der Waals surface area (Å²) in [7, 11) is 0. The van der Waals surface area contributed by atoms with Gasteiger partial charge in [0.15, 0.2) is 0 Å². The van der Waals surface area contributed by atoms with E-state index in [1.165, 1.54) is 5.56 Å². The molecule has 108 valence electrons. The highest BCUT2D eigenvalue weighted by Gasteiger charge is 2.30. The third-order valence-electron chi connectivity index (χ3n) is 3.73. The Morgan fingerprint density at radius 1 is 1.11 bits per heavy atom. The van der Waals surface area contributed by atoms with Crippen molar-refractivity contribution in [3.05, 3.63) is 28.3 Å². The van der Waals surface area contributed by atoms with E-state index < -0.39 is 0 Å². The van der Waals surface area contributed by atoms with E-state index in [2.05, 4.69) is 47.6 Å². The average Bonchev–Trinajstić information content (AvgIpc) is 2.20. The maximum absolute atomic E-state index is 10.5. The van der Waals surface area contributed by atoms with Crippen molar-refractivity contribution >= 4 is 11.6 Å². The molecule has 0 saturated heterocycles. The van der Waals surface area contributed by atoms with Crippen molar-refractivity contribution in [2.75, 3.05) is 0 Å². The predicted molar refractivity (Wildman–Crippen MR) is 84.2 cm³/mol. The van der Waals surface area contributed by atoms with Gasteiger partial charge in [-0.15, -0.1) is 11.6 Å². The maximum Gasteiger partial charge on any atom is 0.122 e. The molecule has 0 heterocycles. The third-order valence-corrected chi connectivity index (χ3v) is 4.00. The van der Waals surface area contributed by atoms with Gasteiger partial charge in [0.2, 0.25) is 0 Å². The zero-order valence-corrected chi connectivity index (χ0v) is 14.1. The van der Waals surface area contributed by atoms with Gasteiger partial charge in [-0.25, -0.2) is 0 Å². The Morgan fingerprint density at radius 2 is 1.63 bits per heavy atom. The van der Waals surface area contributed by atoms with Crippen LogP contribution < -0.4 is 0 Å². The first-order valence-electron chi connectivity index (χ1n) is 6.88. The summed E-state index contributed by atoms with van der Waals surface area (Å²) in [5, 5.41) is 10.5. The van der Waals surface area contributed by atoms with E-state index in [1.54, 1.807) is 0 Å². The quantitative estimate of drug-likeness (QED) is 0.730. The lowest BCUT2D eigenvalue weighted by atomic mass is 9.71. The van der Waals surface area contributed by atoms with Crippen LogP contribution in [0, 0.1) is 19.3 Å². The molecule has 1 rings (SSSR count). The number of phenols is 1. The minimum Gasteiger partial charge on any atom is -0.507 e. The fourth-order valence-corrected chi connectivity index (χ4v) is 3.57. The fourth-order valence-electron chi connectivity index (χ4n) is 3.16. The van der Waals surface area contributed by atoms with Gasteiger partial charge in [0.25, 0.3) is 0 Å². The molecule has 1 nitrogen and oxygen atoms in total. The summed E-state index contributed by atoms with van der Waals surface area (Å²) in [6.45, 7) is 15.1. The molecule has 0 aromatic heterocycles. The Morgan fingerprint density at radius 3 is 2.05 bits per heavy atom. The van der Waals surface area contributed by atoms with Crippen LogP contribution in [0.1, 0.15) is 63.3 Å². The van der Waals surface area contributed by atoms with Crippen LogP contribution >= 0.6 is 11.6 Å². The fraction of sp³-hybridized carbons (Fsp3) is 0.647. The number of aryl methyl sites for hydroxylation is 1. The highest BCUT2D eigenvalue weighted by Crippen LogP contribution is 2.42. The maximum atomic E-state index is 10.5. The van der Waals surface area contributed by atoms with Crippen molar-refractivity contribution in [3.8, 4) is 5.75 Å². The lowest BCUT2D eigenvalue weighted by Crippen LogP contribution is -2.25. The van der Waals surface area contributed by atoms with Crippen LogP contribution in [0.3, 0.4) is 0 Å². The van der Waals surface area contributed by atoms with Crippen molar-refractivity contribution in [1.82, 2.24) is 0 Å². The van der Waals surface area contributed by atoms with Crippen LogP contribution in [0.2, 0.25) is 0 Å². The summed E-state index contributed by atoms with van der Waals surface area (Å²) in [5.74, 6) is 0.862. The molecule has 1 N–H and O–H groups in total.